The number of rotatable bonds is 4. The Balaban J connectivity index is 1.53. The standard InChI is InChI=1S/C20H18N4O8/c1-20(18(27)29-4)31-12-6-5-10(7-13(12)32-20)17(26)30-9-11-8-21-15-14(22-11)16(25)24(3)19(28)23(15)2/h5-8H,9H2,1-4H3/t20-/m0/s1. The van der Waals surface area contributed by atoms with Gasteiger partial charge in [-0.3, -0.25) is 13.9 Å². The molecule has 0 aliphatic carbocycles. The summed E-state index contributed by atoms with van der Waals surface area (Å²) in [5.74, 6) is -2.61. The normalized spacial score (nSPS) is 16.8. The van der Waals surface area contributed by atoms with Gasteiger partial charge in [0.15, 0.2) is 22.7 Å². The van der Waals surface area contributed by atoms with Gasteiger partial charge < -0.3 is 18.9 Å². The minimum absolute atomic E-state index is 0.0201. The number of aromatic nitrogens is 4. The van der Waals surface area contributed by atoms with E-state index >= 15 is 0 Å². The van der Waals surface area contributed by atoms with E-state index in [0.717, 1.165) is 4.57 Å². The number of methoxy groups -OCH3 is 1. The van der Waals surface area contributed by atoms with Crippen LogP contribution in [0.15, 0.2) is 34.0 Å². The van der Waals surface area contributed by atoms with Crippen LogP contribution in [0.5, 0.6) is 11.5 Å². The molecule has 4 rings (SSSR count). The van der Waals surface area contributed by atoms with Crippen LogP contribution in [0.4, 0.5) is 0 Å². The molecule has 0 amide bonds. The number of hydrogen-bond donors (Lipinski definition) is 0. The van der Waals surface area contributed by atoms with Crippen LogP contribution >= 0.6 is 0 Å². The summed E-state index contributed by atoms with van der Waals surface area (Å²) in [6.07, 6.45) is 1.32. The highest BCUT2D eigenvalue weighted by Crippen LogP contribution is 2.40. The summed E-state index contributed by atoms with van der Waals surface area (Å²) >= 11 is 0. The molecule has 0 radical (unpaired) electrons. The van der Waals surface area contributed by atoms with Crippen molar-refractivity contribution in [1.29, 1.82) is 0 Å². The van der Waals surface area contributed by atoms with Crippen LogP contribution in [0.25, 0.3) is 11.2 Å². The molecule has 1 aliphatic rings. The van der Waals surface area contributed by atoms with Gasteiger partial charge in [-0.25, -0.2) is 24.4 Å². The summed E-state index contributed by atoms with van der Waals surface area (Å²) in [4.78, 5) is 56.9. The minimum Gasteiger partial charge on any atom is -0.463 e. The first kappa shape index (κ1) is 21.0. The van der Waals surface area contributed by atoms with E-state index in [0.29, 0.717) is 0 Å². The second kappa shape index (κ2) is 7.48. The lowest BCUT2D eigenvalue weighted by atomic mass is 10.2. The van der Waals surface area contributed by atoms with Crippen molar-refractivity contribution in [3.8, 4) is 11.5 Å². The topological polar surface area (TPSA) is 141 Å². The lowest BCUT2D eigenvalue weighted by Crippen LogP contribution is -2.44. The number of benzene rings is 1. The lowest BCUT2D eigenvalue weighted by Gasteiger charge is -2.19. The predicted molar refractivity (Wildman–Crippen MR) is 107 cm³/mol. The highest BCUT2D eigenvalue weighted by atomic mass is 16.8. The second-order valence-corrected chi connectivity index (χ2v) is 7.12. The van der Waals surface area contributed by atoms with Crippen molar-refractivity contribution in [2.75, 3.05) is 7.11 Å². The quantitative estimate of drug-likeness (QED) is 0.509. The molecule has 1 atom stereocenters. The monoisotopic (exact) mass is 442 g/mol. The SMILES string of the molecule is COC(=O)[C@@]1(C)Oc2ccc(C(=O)OCc3cnc4c(n3)c(=O)n(C)c(=O)n4C)cc2O1. The third-order valence-corrected chi connectivity index (χ3v) is 4.90. The number of carbonyl (C=O) groups excluding carboxylic acids is 2. The van der Waals surface area contributed by atoms with Crippen molar-refractivity contribution < 1.29 is 28.5 Å². The molecule has 1 aliphatic heterocycles. The number of hydrogen-bond acceptors (Lipinski definition) is 10. The second-order valence-electron chi connectivity index (χ2n) is 7.12. The van der Waals surface area contributed by atoms with Gasteiger partial charge in [0, 0.05) is 21.0 Å². The molecular formula is C20H18N4O8. The Morgan fingerprint density at radius 2 is 1.84 bits per heavy atom. The molecule has 3 aromatic rings. The first-order valence-corrected chi connectivity index (χ1v) is 9.34. The Morgan fingerprint density at radius 3 is 2.56 bits per heavy atom. The number of fused-ring (bicyclic) bond motifs is 2. The molecule has 166 valence electrons. The summed E-state index contributed by atoms with van der Waals surface area (Å²) in [7, 11) is 4.02. The molecule has 2 aromatic heterocycles. The van der Waals surface area contributed by atoms with Crippen molar-refractivity contribution >= 4 is 23.1 Å². The maximum absolute atomic E-state index is 12.5. The molecule has 12 heteroatoms. The Labute approximate surface area is 179 Å². The zero-order valence-corrected chi connectivity index (χ0v) is 17.6. The Kier molecular flexibility index (Phi) is 4.92. The van der Waals surface area contributed by atoms with Crippen molar-refractivity contribution in [3.05, 3.63) is 56.5 Å². The molecule has 12 nitrogen and oxygen atoms in total. The summed E-state index contributed by atoms with van der Waals surface area (Å²) in [5, 5.41) is 0. The van der Waals surface area contributed by atoms with Gasteiger partial charge in [0.1, 0.15) is 6.61 Å². The fourth-order valence-corrected chi connectivity index (χ4v) is 3.17. The van der Waals surface area contributed by atoms with Crippen molar-refractivity contribution in [3.63, 3.8) is 0 Å². The van der Waals surface area contributed by atoms with Crippen LogP contribution in [-0.4, -0.2) is 43.9 Å². The van der Waals surface area contributed by atoms with Crippen molar-refractivity contribution in [2.45, 2.75) is 19.3 Å². The molecule has 0 fully saturated rings. The van der Waals surface area contributed by atoms with E-state index in [1.54, 1.807) is 0 Å². The van der Waals surface area contributed by atoms with Gasteiger partial charge in [-0.15, -0.1) is 0 Å². The molecule has 0 N–H and O–H groups in total. The molecule has 1 aromatic carbocycles. The summed E-state index contributed by atoms with van der Waals surface area (Å²) in [6.45, 7) is 1.14. The predicted octanol–water partition coefficient (Wildman–Crippen LogP) is 0.0446. The summed E-state index contributed by atoms with van der Waals surface area (Å²) in [6, 6.07) is 4.30. The third-order valence-electron chi connectivity index (χ3n) is 4.90. The molecule has 0 unspecified atom stereocenters. The average molecular weight is 442 g/mol. The summed E-state index contributed by atoms with van der Waals surface area (Å²) < 4.78 is 23.0. The van der Waals surface area contributed by atoms with Crippen molar-refractivity contribution in [2.24, 2.45) is 14.1 Å². The molecule has 3 heterocycles. The average Bonchev–Trinajstić information content (AvgIpc) is 3.15. The van der Waals surface area contributed by atoms with E-state index in [9.17, 15) is 19.2 Å². The van der Waals surface area contributed by atoms with Gasteiger partial charge in [0.2, 0.25) is 0 Å². The van der Waals surface area contributed by atoms with Gasteiger partial charge in [-0.05, 0) is 18.2 Å². The van der Waals surface area contributed by atoms with E-state index in [2.05, 4.69) is 14.7 Å². The number of nitrogens with zero attached hydrogens (tertiary/aromatic N) is 4. The van der Waals surface area contributed by atoms with E-state index in [1.165, 1.54) is 57.1 Å². The molecule has 0 saturated heterocycles. The van der Waals surface area contributed by atoms with Crippen LogP contribution < -0.4 is 20.7 Å². The first-order chi connectivity index (χ1) is 15.1. The van der Waals surface area contributed by atoms with Crippen LogP contribution in [-0.2, 0) is 35.0 Å². The number of esters is 2. The van der Waals surface area contributed by atoms with Crippen LogP contribution in [0.1, 0.15) is 23.0 Å². The first-order valence-electron chi connectivity index (χ1n) is 9.34. The van der Waals surface area contributed by atoms with Crippen LogP contribution in [0, 0.1) is 0 Å². The molecule has 0 saturated carbocycles. The fourth-order valence-electron chi connectivity index (χ4n) is 3.17. The van der Waals surface area contributed by atoms with Gasteiger partial charge >= 0.3 is 23.4 Å². The van der Waals surface area contributed by atoms with E-state index in [-0.39, 0.29) is 40.5 Å². The van der Waals surface area contributed by atoms with Gasteiger partial charge in [-0.2, -0.15) is 0 Å². The largest absolute Gasteiger partial charge is 0.463 e. The molecule has 32 heavy (non-hydrogen) atoms. The highest BCUT2D eigenvalue weighted by molar-refractivity contribution is 5.90. The maximum Gasteiger partial charge on any atom is 0.392 e. The van der Waals surface area contributed by atoms with Crippen LogP contribution in [0.2, 0.25) is 0 Å². The zero-order valence-electron chi connectivity index (χ0n) is 17.6. The lowest BCUT2D eigenvalue weighted by molar-refractivity contribution is -0.177. The molecule has 0 spiro atoms. The Hall–Kier alpha value is -4.22. The molecular weight excluding hydrogens is 424 g/mol. The number of aryl methyl sites for hydroxylation is 1. The van der Waals surface area contributed by atoms with E-state index < -0.39 is 29.0 Å². The van der Waals surface area contributed by atoms with E-state index in [1.807, 2.05) is 0 Å². The highest BCUT2D eigenvalue weighted by Gasteiger charge is 2.46. The zero-order chi connectivity index (χ0) is 23.2. The van der Waals surface area contributed by atoms with Gasteiger partial charge in [-0.1, -0.05) is 0 Å². The van der Waals surface area contributed by atoms with Crippen molar-refractivity contribution in [1.82, 2.24) is 19.1 Å². The Bertz CT molecular complexity index is 1390. The fraction of sp³-hybridized carbons (Fsp3) is 0.300. The third kappa shape index (κ3) is 3.35. The minimum atomic E-state index is -1.65. The summed E-state index contributed by atoms with van der Waals surface area (Å²) in [5.41, 5.74) is -0.657. The van der Waals surface area contributed by atoms with Crippen LogP contribution in [0.3, 0.4) is 0 Å². The van der Waals surface area contributed by atoms with E-state index in [4.69, 9.17) is 14.2 Å². The number of ether oxygens (including phenoxy) is 4. The molecule has 0 bridgehead atoms. The maximum atomic E-state index is 12.5. The number of carbonyl (C=O) groups is 2. The van der Waals surface area contributed by atoms with Gasteiger partial charge in [0.05, 0.1) is 24.6 Å². The van der Waals surface area contributed by atoms with Gasteiger partial charge in [0.25, 0.3) is 5.56 Å². The smallest absolute Gasteiger partial charge is 0.392 e. The Morgan fingerprint density at radius 1 is 1.12 bits per heavy atom.